The molecule has 2 aromatic carbocycles. The molecule has 0 amide bonds. The Morgan fingerprint density at radius 2 is 1.56 bits per heavy atom. The lowest BCUT2D eigenvalue weighted by Crippen LogP contribution is -2.03. The normalized spacial score (nSPS) is 10.6. The highest BCUT2D eigenvalue weighted by molar-refractivity contribution is 6.30. The van der Waals surface area contributed by atoms with Crippen LogP contribution < -0.4 is 15.4 Å². The number of nitrogens with zero attached hydrogens (tertiary/aromatic N) is 3. The SMILES string of the molecule is COc1ccc(Nc2nc(Nc3ccc(Cl)cc3)c3ncccc3n2)cc1. The Hall–Kier alpha value is -3.38. The van der Waals surface area contributed by atoms with Crippen LogP contribution in [0.1, 0.15) is 0 Å². The van der Waals surface area contributed by atoms with Gasteiger partial charge in [-0.1, -0.05) is 11.6 Å². The first-order chi connectivity index (χ1) is 13.2. The van der Waals surface area contributed by atoms with Gasteiger partial charge in [-0.15, -0.1) is 0 Å². The van der Waals surface area contributed by atoms with E-state index in [-0.39, 0.29) is 0 Å². The summed E-state index contributed by atoms with van der Waals surface area (Å²) in [5.41, 5.74) is 3.14. The maximum absolute atomic E-state index is 5.96. The minimum Gasteiger partial charge on any atom is -0.497 e. The molecular formula is C20H16ClN5O. The molecule has 6 nitrogen and oxygen atoms in total. The second-order valence-electron chi connectivity index (χ2n) is 5.75. The number of nitrogens with one attached hydrogen (secondary N) is 2. The van der Waals surface area contributed by atoms with Gasteiger partial charge in [-0.05, 0) is 60.7 Å². The second kappa shape index (κ2) is 7.47. The van der Waals surface area contributed by atoms with Crippen molar-refractivity contribution in [1.82, 2.24) is 15.0 Å². The van der Waals surface area contributed by atoms with Crippen LogP contribution in [-0.4, -0.2) is 22.1 Å². The van der Waals surface area contributed by atoms with E-state index in [0.29, 0.717) is 22.3 Å². The summed E-state index contributed by atoms with van der Waals surface area (Å²) >= 11 is 5.96. The number of benzene rings is 2. The number of aromatic nitrogens is 3. The van der Waals surface area contributed by atoms with Crippen LogP contribution in [0.2, 0.25) is 5.02 Å². The van der Waals surface area contributed by atoms with Gasteiger partial charge in [0.05, 0.1) is 12.6 Å². The summed E-state index contributed by atoms with van der Waals surface area (Å²) in [7, 11) is 1.64. The number of pyridine rings is 1. The lowest BCUT2D eigenvalue weighted by atomic mass is 10.3. The summed E-state index contributed by atoms with van der Waals surface area (Å²) < 4.78 is 5.18. The molecule has 0 spiro atoms. The van der Waals surface area contributed by atoms with E-state index < -0.39 is 0 Å². The molecule has 0 fully saturated rings. The number of halogens is 1. The zero-order valence-corrected chi connectivity index (χ0v) is 15.2. The Morgan fingerprint density at radius 3 is 2.30 bits per heavy atom. The van der Waals surface area contributed by atoms with Gasteiger partial charge in [0, 0.05) is 22.6 Å². The molecular weight excluding hydrogens is 362 g/mol. The van der Waals surface area contributed by atoms with Gasteiger partial charge in [-0.3, -0.25) is 4.98 Å². The number of rotatable bonds is 5. The molecule has 4 rings (SSSR count). The average Bonchev–Trinajstić information content (AvgIpc) is 2.70. The van der Waals surface area contributed by atoms with Crippen molar-refractivity contribution in [2.75, 3.05) is 17.7 Å². The predicted molar refractivity (Wildman–Crippen MR) is 108 cm³/mol. The third-order valence-corrected chi connectivity index (χ3v) is 4.16. The lowest BCUT2D eigenvalue weighted by molar-refractivity contribution is 0.415. The third kappa shape index (κ3) is 3.91. The van der Waals surface area contributed by atoms with E-state index in [4.69, 9.17) is 16.3 Å². The Labute approximate surface area is 161 Å². The Morgan fingerprint density at radius 1 is 0.852 bits per heavy atom. The summed E-state index contributed by atoms with van der Waals surface area (Å²) in [5.74, 6) is 1.87. The molecule has 0 aliphatic rings. The molecule has 7 heteroatoms. The maximum atomic E-state index is 5.96. The van der Waals surface area contributed by atoms with E-state index in [1.165, 1.54) is 0 Å². The molecule has 0 bridgehead atoms. The number of methoxy groups -OCH3 is 1. The molecule has 134 valence electrons. The quantitative estimate of drug-likeness (QED) is 0.499. The largest absolute Gasteiger partial charge is 0.497 e. The van der Waals surface area contributed by atoms with Crippen LogP contribution in [0.25, 0.3) is 11.0 Å². The van der Waals surface area contributed by atoms with Crippen molar-refractivity contribution in [2.45, 2.75) is 0 Å². The van der Waals surface area contributed by atoms with Gasteiger partial charge in [0.15, 0.2) is 5.82 Å². The van der Waals surface area contributed by atoms with E-state index in [0.717, 1.165) is 22.6 Å². The summed E-state index contributed by atoms with van der Waals surface area (Å²) in [5, 5.41) is 7.18. The van der Waals surface area contributed by atoms with Gasteiger partial charge in [-0.2, -0.15) is 4.98 Å². The molecule has 27 heavy (non-hydrogen) atoms. The van der Waals surface area contributed by atoms with Crippen molar-refractivity contribution < 1.29 is 4.74 Å². The molecule has 0 unspecified atom stereocenters. The molecule has 4 aromatic rings. The van der Waals surface area contributed by atoms with Gasteiger partial charge in [0.2, 0.25) is 5.95 Å². The smallest absolute Gasteiger partial charge is 0.229 e. The summed E-state index contributed by atoms with van der Waals surface area (Å²) in [6.07, 6.45) is 1.72. The molecule has 0 radical (unpaired) electrons. The molecule has 0 saturated heterocycles. The van der Waals surface area contributed by atoms with Crippen molar-refractivity contribution in [1.29, 1.82) is 0 Å². The van der Waals surface area contributed by atoms with Crippen molar-refractivity contribution in [2.24, 2.45) is 0 Å². The highest BCUT2D eigenvalue weighted by atomic mass is 35.5. The van der Waals surface area contributed by atoms with Crippen LogP contribution in [0.5, 0.6) is 5.75 Å². The first kappa shape index (κ1) is 17.1. The van der Waals surface area contributed by atoms with Gasteiger partial charge in [0.1, 0.15) is 11.3 Å². The number of fused-ring (bicyclic) bond motifs is 1. The van der Waals surface area contributed by atoms with Gasteiger partial charge < -0.3 is 15.4 Å². The summed E-state index contributed by atoms with van der Waals surface area (Å²) in [4.78, 5) is 13.6. The topological polar surface area (TPSA) is 72.0 Å². The lowest BCUT2D eigenvalue weighted by Gasteiger charge is -2.11. The van der Waals surface area contributed by atoms with Crippen LogP contribution in [0.4, 0.5) is 23.1 Å². The summed E-state index contributed by atoms with van der Waals surface area (Å²) in [6.45, 7) is 0. The molecule has 2 N–H and O–H groups in total. The van der Waals surface area contributed by atoms with Crippen LogP contribution in [0, 0.1) is 0 Å². The van der Waals surface area contributed by atoms with E-state index in [9.17, 15) is 0 Å². The maximum Gasteiger partial charge on any atom is 0.229 e. The monoisotopic (exact) mass is 377 g/mol. The molecule has 0 aliphatic heterocycles. The van der Waals surface area contributed by atoms with Crippen molar-refractivity contribution in [3.8, 4) is 5.75 Å². The molecule has 0 saturated carbocycles. The Balaban J connectivity index is 1.69. The zero-order chi connectivity index (χ0) is 18.6. The number of hydrogen-bond acceptors (Lipinski definition) is 6. The summed E-state index contributed by atoms with van der Waals surface area (Å²) in [6, 6.07) is 18.7. The fraction of sp³-hybridized carbons (Fsp3) is 0.0500. The van der Waals surface area contributed by atoms with Gasteiger partial charge in [0.25, 0.3) is 0 Å². The minimum atomic E-state index is 0.470. The predicted octanol–water partition coefficient (Wildman–Crippen LogP) is 5.17. The highest BCUT2D eigenvalue weighted by Gasteiger charge is 2.10. The molecule has 0 aliphatic carbocycles. The molecule has 2 heterocycles. The standard InChI is InChI=1S/C20H16ClN5O/c1-27-16-10-8-15(9-11-16)24-20-25-17-3-2-12-22-18(17)19(26-20)23-14-6-4-13(21)5-7-14/h2-12H,1H3,(H2,23,24,25,26). The van der Waals surface area contributed by atoms with Gasteiger partial charge >= 0.3 is 0 Å². The van der Waals surface area contributed by atoms with E-state index in [2.05, 4.69) is 25.6 Å². The Bertz CT molecular complexity index is 1070. The first-order valence-corrected chi connectivity index (χ1v) is 8.65. The third-order valence-electron chi connectivity index (χ3n) is 3.91. The van der Waals surface area contributed by atoms with Crippen LogP contribution >= 0.6 is 11.6 Å². The zero-order valence-electron chi connectivity index (χ0n) is 14.5. The molecule has 2 aromatic heterocycles. The van der Waals surface area contributed by atoms with Gasteiger partial charge in [-0.25, -0.2) is 4.98 Å². The van der Waals surface area contributed by atoms with Crippen LogP contribution in [0.15, 0.2) is 66.9 Å². The number of anilines is 4. The fourth-order valence-corrected chi connectivity index (χ4v) is 2.71. The van der Waals surface area contributed by atoms with E-state index in [1.807, 2.05) is 60.7 Å². The first-order valence-electron chi connectivity index (χ1n) is 8.28. The average molecular weight is 378 g/mol. The Kier molecular flexibility index (Phi) is 4.72. The second-order valence-corrected chi connectivity index (χ2v) is 6.19. The van der Waals surface area contributed by atoms with E-state index in [1.54, 1.807) is 13.3 Å². The highest BCUT2D eigenvalue weighted by Crippen LogP contribution is 2.26. The number of hydrogen-bond donors (Lipinski definition) is 2. The van der Waals surface area contributed by atoms with Crippen LogP contribution in [-0.2, 0) is 0 Å². The van der Waals surface area contributed by atoms with Crippen LogP contribution in [0.3, 0.4) is 0 Å². The van der Waals surface area contributed by atoms with Crippen molar-refractivity contribution >= 4 is 45.8 Å². The van der Waals surface area contributed by atoms with Crippen molar-refractivity contribution in [3.63, 3.8) is 0 Å². The molecule has 0 atom stereocenters. The van der Waals surface area contributed by atoms with Crippen molar-refractivity contribution in [3.05, 3.63) is 71.9 Å². The number of ether oxygens (including phenoxy) is 1. The minimum absolute atomic E-state index is 0.470. The van der Waals surface area contributed by atoms with E-state index >= 15 is 0 Å². The fourth-order valence-electron chi connectivity index (χ4n) is 2.58.